The van der Waals surface area contributed by atoms with Crippen LogP contribution in [0.15, 0.2) is 0 Å². The molecule has 204 valence electrons. The Bertz CT molecular complexity index is 472. The van der Waals surface area contributed by atoms with E-state index < -0.39 is 11.4 Å². The summed E-state index contributed by atoms with van der Waals surface area (Å²) < 4.78 is 0.548. The third-order valence-electron chi connectivity index (χ3n) is 5.93. The molecule has 3 N–H and O–H groups in total. The molecule has 0 aliphatic carbocycles. The Hall–Kier alpha value is -1.45. The number of amides is 1. The molecule has 0 aliphatic heterocycles. The monoisotopic (exact) mass is 491 g/mol. The predicted molar refractivity (Wildman–Crippen MR) is 138 cm³/mol. The number of hydrogen-bond donors (Lipinski definition) is 3. The topological polar surface area (TPSA) is 136 Å². The summed E-state index contributed by atoms with van der Waals surface area (Å²) in [4.78, 5) is 20.1. The van der Waals surface area contributed by atoms with Crippen LogP contribution < -0.4 is 5.32 Å². The van der Waals surface area contributed by atoms with Crippen LogP contribution >= 0.6 is 0 Å². The third kappa shape index (κ3) is 32.7. The highest BCUT2D eigenvalue weighted by atomic mass is 16.9. The van der Waals surface area contributed by atoms with Gasteiger partial charge in [-0.15, -0.1) is 0 Å². The van der Waals surface area contributed by atoms with E-state index in [1.165, 1.54) is 83.5 Å². The Balaban J connectivity index is 0. The number of rotatable bonds is 22. The van der Waals surface area contributed by atoms with Crippen molar-refractivity contribution in [1.82, 2.24) is 5.32 Å². The maximum atomic E-state index is 11.9. The fraction of sp³-hybridized carbons (Fsp3) is 0.960. The van der Waals surface area contributed by atoms with Gasteiger partial charge in [-0.2, -0.15) is 0 Å². The molecular formula is C25H53N3O6. The van der Waals surface area contributed by atoms with Crippen molar-refractivity contribution in [3.8, 4) is 0 Å². The average molecular weight is 492 g/mol. The molecule has 0 aliphatic rings. The molecule has 0 atom stereocenters. The van der Waals surface area contributed by atoms with Crippen LogP contribution in [0.2, 0.25) is 0 Å². The van der Waals surface area contributed by atoms with Gasteiger partial charge in [0, 0.05) is 19.4 Å². The van der Waals surface area contributed by atoms with Gasteiger partial charge >= 0.3 is 0 Å². The highest BCUT2D eigenvalue weighted by Gasteiger charge is 2.18. The van der Waals surface area contributed by atoms with Crippen molar-refractivity contribution < 1.29 is 24.6 Å². The lowest BCUT2D eigenvalue weighted by atomic mass is 10.0. The molecule has 0 radical (unpaired) electrons. The Morgan fingerprint density at radius 2 is 1.18 bits per heavy atom. The molecule has 34 heavy (non-hydrogen) atoms. The van der Waals surface area contributed by atoms with E-state index in [0.29, 0.717) is 24.0 Å². The third-order valence-corrected chi connectivity index (χ3v) is 5.93. The van der Waals surface area contributed by atoms with Gasteiger partial charge in [-0.3, -0.25) is 4.79 Å². The highest BCUT2D eigenvalue weighted by molar-refractivity contribution is 5.75. The molecule has 0 aromatic rings. The summed E-state index contributed by atoms with van der Waals surface area (Å²) in [6, 6.07) is 0. The minimum Gasteiger partial charge on any atom is -0.364 e. The molecule has 0 heterocycles. The quantitative estimate of drug-likeness (QED) is 0.0648. The number of aliphatic hydroxyl groups excluding tert-OH is 1. The van der Waals surface area contributed by atoms with E-state index in [2.05, 4.69) is 12.2 Å². The number of unbranched alkanes of at least 4 members (excludes halogenated alkanes) is 14. The highest BCUT2D eigenvalue weighted by Crippen LogP contribution is 2.13. The van der Waals surface area contributed by atoms with Crippen LogP contribution in [-0.2, 0) is 4.79 Å². The first-order chi connectivity index (χ1) is 16.1. The van der Waals surface area contributed by atoms with Crippen LogP contribution in [0.3, 0.4) is 0 Å². The molecule has 0 aromatic heterocycles. The summed E-state index contributed by atoms with van der Waals surface area (Å²) >= 11 is 0. The van der Waals surface area contributed by atoms with Crippen molar-refractivity contribution in [2.24, 2.45) is 0 Å². The van der Waals surface area contributed by atoms with Crippen LogP contribution in [0.5, 0.6) is 0 Å². The summed E-state index contributed by atoms with van der Waals surface area (Å²) in [5, 5.41) is 35.9. The molecule has 0 spiro atoms. The van der Waals surface area contributed by atoms with E-state index in [0.717, 1.165) is 25.8 Å². The SMILES string of the molecule is CCCCCCCCCCCCCCCCCC(=O)NCCC[N+](C)(C)CC(O)O.O=[N+]([O-])[O-]. The minimum atomic E-state index is -1.75. The molecule has 0 rings (SSSR count). The summed E-state index contributed by atoms with van der Waals surface area (Å²) in [5.74, 6) is 0.150. The van der Waals surface area contributed by atoms with Crippen molar-refractivity contribution in [2.45, 2.75) is 122 Å². The van der Waals surface area contributed by atoms with Gasteiger partial charge < -0.3 is 35.3 Å². The molecule has 1 amide bonds. The lowest BCUT2D eigenvalue weighted by Gasteiger charge is -2.30. The molecule has 0 unspecified atom stereocenters. The maximum absolute atomic E-state index is 11.9. The largest absolute Gasteiger partial charge is 0.364 e. The van der Waals surface area contributed by atoms with E-state index in [-0.39, 0.29) is 5.91 Å². The molecule has 0 bridgehead atoms. The Kier molecular flexibility index (Phi) is 25.2. The summed E-state index contributed by atoms with van der Waals surface area (Å²) in [6.45, 7) is 4.07. The van der Waals surface area contributed by atoms with E-state index in [9.17, 15) is 4.79 Å². The van der Waals surface area contributed by atoms with Crippen molar-refractivity contribution in [3.05, 3.63) is 15.3 Å². The summed E-state index contributed by atoms with van der Waals surface area (Å²) in [6.07, 6.45) is 20.3. The number of quaternary nitrogens is 1. The average Bonchev–Trinajstić information content (AvgIpc) is 2.72. The summed E-state index contributed by atoms with van der Waals surface area (Å²) in [7, 11) is 3.94. The number of carbonyl (C=O) groups excluding carboxylic acids is 1. The van der Waals surface area contributed by atoms with Gasteiger partial charge in [-0.1, -0.05) is 96.8 Å². The van der Waals surface area contributed by atoms with Crippen molar-refractivity contribution >= 4 is 5.91 Å². The standard InChI is InChI=1S/C25H52N2O3.NO3/c1-4-5-6-7-8-9-10-11-12-13-14-15-16-17-18-20-24(28)26-21-19-22-27(2,3)23-25(29)30;2-1(3)4/h25,29-30H,4-23H2,1-3H3;/q;-1/p+1. The van der Waals surface area contributed by atoms with Crippen LogP contribution in [0, 0.1) is 15.3 Å². The zero-order chi connectivity index (χ0) is 26.1. The second-order valence-electron chi connectivity index (χ2n) is 9.95. The Labute approximate surface area is 207 Å². The maximum Gasteiger partial charge on any atom is 0.219 e. The fourth-order valence-corrected chi connectivity index (χ4v) is 4.01. The molecule has 0 saturated carbocycles. The minimum absolute atomic E-state index is 0.150. The zero-order valence-electron chi connectivity index (χ0n) is 22.1. The second-order valence-corrected chi connectivity index (χ2v) is 9.95. The van der Waals surface area contributed by atoms with Gasteiger partial charge in [0.1, 0.15) is 6.54 Å². The van der Waals surface area contributed by atoms with E-state index in [1.54, 1.807) is 0 Å². The first-order valence-corrected chi connectivity index (χ1v) is 13.4. The lowest BCUT2D eigenvalue weighted by molar-refractivity contribution is -0.896. The molecule has 9 nitrogen and oxygen atoms in total. The number of likely N-dealkylation sites (N-methyl/N-ethyl adjacent to an activating group) is 1. The van der Waals surface area contributed by atoms with Crippen molar-refractivity contribution in [1.29, 1.82) is 0 Å². The molecule has 0 aromatic carbocycles. The zero-order valence-corrected chi connectivity index (χ0v) is 22.1. The number of nitrogens with zero attached hydrogens (tertiary/aromatic N) is 2. The van der Waals surface area contributed by atoms with E-state index in [1.807, 2.05) is 14.1 Å². The Morgan fingerprint density at radius 3 is 1.56 bits per heavy atom. The predicted octanol–water partition coefficient (Wildman–Crippen LogP) is 4.90. The van der Waals surface area contributed by atoms with E-state index >= 15 is 0 Å². The van der Waals surface area contributed by atoms with Crippen LogP contribution in [-0.4, -0.2) is 65.7 Å². The molecular weight excluding hydrogens is 438 g/mol. The fourth-order valence-electron chi connectivity index (χ4n) is 4.01. The molecule has 0 saturated heterocycles. The van der Waals surface area contributed by atoms with Gasteiger partial charge in [0.05, 0.1) is 25.7 Å². The first kappa shape index (κ1) is 34.7. The normalized spacial score (nSPS) is 11.2. The van der Waals surface area contributed by atoms with E-state index in [4.69, 9.17) is 25.5 Å². The summed E-state index contributed by atoms with van der Waals surface area (Å²) in [5.41, 5.74) is 0. The van der Waals surface area contributed by atoms with Crippen LogP contribution in [0.1, 0.15) is 116 Å². The van der Waals surface area contributed by atoms with Gasteiger partial charge in [-0.25, -0.2) is 0 Å². The number of hydrogen-bond acceptors (Lipinski definition) is 6. The Morgan fingerprint density at radius 1 is 0.794 bits per heavy atom. The van der Waals surface area contributed by atoms with Crippen molar-refractivity contribution in [3.63, 3.8) is 0 Å². The number of aliphatic hydroxyl groups is 2. The number of nitrogens with one attached hydrogen (secondary N) is 1. The number of carbonyl (C=O) groups is 1. The first-order valence-electron chi connectivity index (χ1n) is 13.4. The smallest absolute Gasteiger partial charge is 0.219 e. The van der Waals surface area contributed by atoms with Crippen LogP contribution in [0.25, 0.3) is 0 Å². The van der Waals surface area contributed by atoms with Gasteiger partial charge in [0.2, 0.25) is 12.2 Å². The van der Waals surface area contributed by atoms with Crippen LogP contribution in [0.4, 0.5) is 0 Å². The van der Waals surface area contributed by atoms with Gasteiger partial charge in [-0.05, 0) is 6.42 Å². The second kappa shape index (κ2) is 24.7. The van der Waals surface area contributed by atoms with Gasteiger partial charge in [0.25, 0.3) is 0 Å². The van der Waals surface area contributed by atoms with Gasteiger partial charge in [0.15, 0.2) is 0 Å². The lowest BCUT2D eigenvalue weighted by Crippen LogP contribution is -2.46. The molecule has 9 heteroatoms. The molecule has 0 fully saturated rings. The van der Waals surface area contributed by atoms with Crippen molar-refractivity contribution in [2.75, 3.05) is 33.7 Å².